The Morgan fingerprint density at radius 3 is 2.91 bits per heavy atom. The molecule has 0 unspecified atom stereocenters. The van der Waals surface area contributed by atoms with E-state index in [0.29, 0.717) is 42.9 Å². The van der Waals surface area contributed by atoms with Crippen molar-refractivity contribution < 1.29 is 14.7 Å². The zero-order valence-electron chi connectivity index (χ0n) is 19.2. The van der Waals surface area contributed by atoms with Gasteiger partial charge in [0, 0.05) is 31.7 Å². The lowest BCUT2D eigenvalue weighted by Crippen LogP contribution is -2.37. The Morgan fingerprint density at radius 1 is 1.24 bits per heavy atom. The van der Waals surface area contributed by atoms with E-state index in [1.807, 2.05) is 12.1 Å². The number of nitrogens with one attached hydrogen (secondary N) is 1. The molecule has 2 N–H and O–H groups in total. The van der Waals surface area contributed by atoms with Gasteiger partial charge in [-0.3, -0.25) is 14.6 Å². The Labute approximate surface area is 197 Å². The third-order valence-electron chi connectivity index (χ3n) is 6.36. The van der Waals surface area contributed by atoms with Crippen LogP contribution in [0.5, 0.6) is 0 Å². The van der Waals surface area contributed by atoms with E-state index in [1.165, 1.54) is 0 Å². The topological polar surface area (TPSA) is 126 Å². The van der Waals surface area contributed by atoms with E-state index in [9.17, 15) is 14.7 Å². The monoisotopic (exact) mass is 461 g/mol. The van der Waals surface area contributed by atoms with Crippen LogP contribution in [0.2, 0.25) is 0 Å². The number of carbonyl (C=O) groups is 2. The molecular weight excluding hydrogens is 434 g/mol. The first-order chi connectivity index (χ1) is 16.4. The molecule has 0 saturated carbocycles. The van der Waals surface area contributed by atoms with Gasteiger partial charge < -0.3 is 19.9 Å². The highest BCUT2D eigenvalue weighted by atomic mass is 16.3. The molecule has 0 radical (unpaired) electrons. The molecule has 0 saturated heterocycles. The van der Waals surface area contributed by atoms with Gasteiger partial charge in [-0.1, -0.05) is 6.07 Å². The first-order valence-electron chi connectivity index (χ1n) is 11.5. The Bertz CT molecular complexity index is 1250. The second kappa shape index (κ2) is 8.94. The number of fused-ring (bicyclic) bond motifs is 2. The average Bonchev–Trinajstić information content (AvgIpc) is 3.41. The van der Waals surface area contributed by atoms with Gasteiger partial charge in [-0.25, -0.2) is 4.98 Å². The van der Waals surface area contributed by atoms with E-state index in [0.717, 1.165) is 29.8 Å². The quantitative estimate of drug-likeness (QED) is 0.596. The minimum atomic E-state index is -0.682. The molecule has 10 heteroatoms. The minimum Gasteiger partial charge on any atom is -0.393 e. The number of carbonyl (C=O) groups excluding carboxylic acids is 2. The minimum absolute atomic E-state index is 0.0871. The van der Waals surface area contributed by atoms with Gasteiger partial charge in [-0.15, -0.1) is 10.2 Å². The fourth-order valence-electron chi connectivity index (χ4n) is 4.56. The van der Waals surface area contributed by atoms with Crippen LogP contribution in [-0.2, 0) is 24.2 Å². The summed E-state index contributed by atoms with van der Waals surface area (Å²) in [5.74, 6) is 1.58. The standard InChI is InChI=1S/C24H27N7O3/c1-14-6-7-21-28-29-23(31(14)21)18-4-3-5-20(26-18)27-24(34)19-11-17-13-30(22(33)10-15(2)32)9-8-16(17)12-25-19/h3-5,11-12,14-15,32H,6-10,13H2,1-2H3,(H,26,27,34)/t14-,15+/m1/s1. The largest absolute Gasteiger partial charge is 0.393 e. The van der Waals surface area contributed by atoms with Crippen LogP contribution in [-0.4, -0.2) is 59.2 Å². The molecule has 3 aromatic heterocycles. The number of rotatable bonds is 5. The van der Waals surface area contributed by atoms with Crippen molar-refractivity contribution in [1.82, 2.24) is 29.6 Å². The highest BCUT2D eigenvalue weighted by Crippen LogP contribution is 2.30. The molecule has 2 amide bonds. The second-order valence-corrected chi connectivity index (χ2v) is 9.02. The summed E-state index contributed by atoms with van der Waals surface area (Å²) in [7, 11) is 0. The molecule has 0 fully saturated rings. The molecule has 0 spiro atoms. The molecule has 34 heavy (non-hydrogen) atoms. The summed E-state index contributed by atoms with van der Waals surface area (Å²) in [4.78, 5) is 35.9. The van der Waals surface area contributed by atoms with E-state index in [-0.39, 0.29) is 23.9 Å². The number of aliphatic hydroxyl groups is 1. The Kier molecular flexibility index (Phi) is 5.82. The summed E-state index contributed by atoms with van der Waals surface area (Å²) in [6.45, 7) is 4.71. The molecule has 2 aliphatic heterocycles. The zero-order valence-corrected chi connectivity index (χ0v) is 19.2. The summed E-state index contributed by atoms with van der Waals surface area (Å²) in [6.07, 6.45) is 3.70. The molecule has 2 atom stereocenters. The molecule has 3 aromatic rings. The van der Waals surface area contributed by atoms with Gasteiger partial charge in [0.15, 0.2) is 5.82 Å². The molecule has 0 aliphatic carbocycles. The van der Waals surface area contributed by atoms with Gasteiger partial charge >= 0.3 is 0 Å². The van der Waals surface area contributed by atoms with E-state index >= 15 is 0 Å². The predicted octanol–water partition coefficient (Wildman–Crippen LogP) is 2.15. The Hall–Kier alpha value is -3.66. The van der Waals surface area contributed by atoms with Crippen LogP contribution in [0.3, 0.4) is 0 Å². The summed E-state index contributed by atoms with van der Waals surface area (Å²) in [5, 5.41) is 20.9. The van der Waals surface area contributed by atoms with Crippen LogP contribution < -0.4 is 5.32 Å². The van der Waals surface area contributed by atoms with Crippen LogP contribution in [0.15, 0.2) is 30.5 Å². The van der Waals surface area contributed by atoms with Gasteiger partial charge in [0.05, 0.1) is 12.5 Å². The van der Waals surface area contributed by atoms with Crippen molar-refractivity contribution >= 4 is 17.6 Å². The van der Waals surface area contributed by atoms with Crippen LogP contribution >= 0.6 is 0 Å². The Morgan fingerprint density at radius 2 is 2.09 bits per heavy atom. The van der Waals surface area contributed by atoms with Crippen LogP contribution in [0.4, 0.5) is 5.82 Å². The number of amides is 2. The lowest BCUT2D eigenvalue weighted by atomic mass is 10.0. The predicted molar refractivity (Wildman–Crippen MR) is 124 cm³/mol. The number of pyridine rings is 2. The van der Waals surface area contributed by atoms with Crippen molar-refractivity contribution in [2.24, 2.45) is 0 Å². The van der Waals surface area contributed by atoms with Gasteiger partial charge in [0.1, 0.15) is 23.0 Å². The normalized spacial score (nSPS) is 17.7. The van der Waals surface area contributed by atoms with Gasteiger partial charge in [0.25, 0.3) is 5.91 Å². The Balaban J connectivity index is 1.32. The first kappa shape index (κ1) is 22.1. The highest BCUT2D eigenvalue weighted by Gasteiger charge is 2.26. The summed E-state index contributed by atoms with van der Waals surface area (Å²) >= 11 is 0. The average molecular weight is 462 g/mol. The summed E-state index contributed by atoms with van der Waals surface area (Å²) in [5.41, 5.74) is 2.82. The highest BCUT2D eigenvalue weighted by molar-refractivity contribution is 6.02. The molecule has 5 heterocycles. The SMILES string of the molecule is C[C@H](O)CC(=O)N1CCc2cnc(C(=O)Nc3cccc(-c4nnc5n4[C@H](C)CC5)n3)cc2C1. The number of hydrogen-bond acceptors (Lipinski definition) is 7. The fourth-order valence-corrected chi connectivity index (χ4v) is 4.56. The van der Waals surface area contributed by atoms with E-state index in [1.54, 1.807) is 30.2 Å². The van der Waals surface area contributed by atoms with Crippen molar-refractivity contribution in [1.29, 1.82) is 0 Å². The van der Waals surface area contributed by atoms with Crippen LogP contribution in [0.1, 0.15) is 60.2 Å². The summed E-state index contributed by atoms with van der Waals surface area (Å²) < 4.78 is 2.10. The van der Waals surface area contributed by atoms with Gasteiger partial charge in [-0.2, -0.15) is 0 Å². The molecular formula is C24H27N7O3. The number of aromatic nitrogens is 5. The van der Waals surface area contributed by atoms with Crippen molar-refractivity contribution in [3.8, 4) is 11.5 Å². The number of hydrogen-bond donors (Lipinski definition) is 2. The van der Waals surface area contributed by atoms with Crippen molar-refractivity contribution in [3.05, 3.63) is 53.1 Å². The number of aliphatic hydroxyl groups excluding tert-OH is 1. The molecule has 2 aliphatic rings. The number of anilines is 1. The van der Waals surface area contributed by atoms with Gasteiger partial charge in [0.2, 0.25) is 5.91 Å². The molecule has 0 aromatic carbocycles. The summed E-state index contributed by atoms with van der Waals surface area (Å²) in [6, 6.07) is 7.44. The lowest BCUT2D eigenvalue weighted by Gasteiger charge is -2.29. The van der Waals surface area contributed by atoms with E-state index in [4.69, 9.17) is 0 Å². The molecule has 0 bridgehead atoms. The maximum Gasteiger partial charge on any atom is 0.275 e. The van der Waals surface area contributed by atoms with Crippen molar-refractivity contribution in [2.45, 2.75) is 58.2 Å². The van der Waals surface area contributed by atoms with E-state index < -0.39 is 6.10 Å². The zero-order chi connectivity index (χ0) is 23.8. The molecule has 10 nitrogen and oxygen atoms in total. The van der Waals surface area contributed by atoms with Crippen LogP contribution in [0.25, 0.3) is 11.5 Å². The maximum absolute atomic E-state index is 12.9. The fraction of sp³-hybridized carbons (Fsp3) is 0.417. The maximum atomic E-state index is 12.9. The van der Waals surface area contributed by atoms with Crippen LogP contribution in [0, 0.1) is 0 Å². The van der Waals surface area contributed by atoms with Gasteiger partial charge in [-0.05, 0) is 56.0 Å². The second-order valence-electron chi connectivity index (χ2n) is 9.02. The third kappa shape index (κ3) is 4.28. The molecule has 5 rings (SSSR count). The lowest BCUT2D eigenvalue weighted by molar-refractivity contribution is -0.133. The third-order valence-corrected chi connectivity index (χ3v) is 6.36. The molecule has 176 valence electrons. The number of aryl methyl sites for hydroxylation is 1. The smallest absolute Gasteiger partial charge is 0.275 e. The number of nitrogens with zero attached hydrogens (tertiary/aromatic N) is 6. The van der Waals surface area contributed by atoms with E-state index in [2.05, 4.69) is 37.0 Å². The van der Waals surface area contributed by atoms with Crippen molar-refractivity contribution in [3.63, 3.8) is 0 Å². The van der Waals surface area contributed by atoms with Crippen molar-refractivity contribution in [2.75, 3.05) is 11.9 Å². The first-order valence-corrected chi connectivity index (χ1v) is 11.5.